The summed E-state index contributed by atoms with van der Waals surface area (Å²) in [5, 5.41) is 5.54. The molecule has 2 rings (SSSR count). The fourth-order valence-electron chi connectivity index (χ4n) is 2.58. The number of rotatable bonds is 5. The maximum Gasteiger partial charge on any atom is 0.252 e. The Balaban J connectivity index is 1.68. The van der Waals surface area contributed by atoms with E-state index >= 15 is 0 Å². The second kappa shape index (κ2) is 8.26. The third-order valence-corrected chi connectivity index (χ3v) is 3.87. The molecule has 0 aromatic carbocycles. The molecule has 2 heterocycles. The number of nitrogens with zero attached hydrogens (tertiary/aromatic N) is 2. The molecule has 0 bridgehead atoms. The van der Waals surface area contributed by atoms with Crippen molar-refractivity contribution in [1.29, 1.82) is 0 Å². The number of hydrogen-bond acceptors (Lipinski definition) is 4. The van der Waals surface area contributed by atoms with Crippen molar-refractivity contribution in [3.8, 4) is 0 Å². The predicted molar refractivity (Wildman–Crippen MR) is 84.6 cm³/mol. The fourth-order valence-corrected chi connectivity index (χ4v) is 2.58. The van der Waals surface area contributed by atoms with Crippen LogP contribution in [0.15, 0.2) is 24.5 Å². The highest BCUT2D eigenvalue weighted by molar-refractivity contribution is 5.93. The molecule has 0 spiro atoms. The average molecular weight is 318 g/mol. The van der Waals surface area contributed by atoms with Crippen molar-refractivity contribution in [3.63, 3.8) is 0 Å². The van der Waals surface area contributed by atoms with Crippen molar-refractivity contribution in [2.45, 2.75) is 19.8 Å². The van der Waals surface area contributed by atoms with Gasteiger partial charge >= 0.3 is 0 Å². The number of aromatic nitrogens is 1. The molecular formula is C16H22N4O3. The number of carbonyl (C=O) groups is 3. The van der Waals surface area contributed by atoms with E-state index in [-0.39, 0.29) is 23.6 Å². The third-order valence-electron chi connectivity index (χ3n) is 3.87. The lowest BCUT2D eigenvalue weighted by atomic mass is 9.97. The van der Waals surface area contributed by atoms with Gasteiger partial charge in [0.25, 0.3) is 5.91 Å². The number of nitrogens with one attached hydrogen (secondary N) is 2. The molecular weight excluding hydrogens is 296 g/mol. The van der Waals surface area contributed by atoms with Gasteiger partial charge in [0.1, 0.15) is 0 Å². The second-order valence-corrected chi connectivity index (χ2v) is 5.59. The zero-order valence-corrected chi connectivity index (χ0v) is 13.2. The minimum atomic E-state index is -0.215. The molecule has 7 heteroatoms. The minimum Gasteiger partial charge on any atom is -0.354 e. The molecule has 23 heavy (non-hydrogen) atoms. The van der Waals surface area contributed by atoms with E-state index in [1.807, 2.05) is 0 Å². The molecule has 1 fully saturated rings. The van der Waals surface area contributed by atoms with Crippen LogP contribution < -0.4 is 10.6 Å². The molecule has 1 aliphatic heterocycles. The first kappa shape index (κ1) is 16.9. The van der Waals surface area contributed by atoms with Gasteiger partial charge in [-0.3, -0.25) is 19.4 Å². The van der Waals surface area contributed by atoms with E-state index in [1.54, 1.807) is 23.2 Å². The third kappa shape index (κ3) is 5.05. The van der Waals surface area contributed by atoms with Gasteiger partial charge in [0.2, 0.25) is 11.8 Å². The van der Waals surface area contributed by atoms with Crippen molar-refractivity contribution in [2.75, 3.05) is 26.2 Å². The summed E-state index contributed by atoms with van der Waals surface area (Å²) in [7, 11) is 0. The Hall–Kier alpha value is -2.44. The topological polar surface area (TPSA) is 91.4 Å². The van der Waals surface area contributed by atoms with Gasteiger partial charge in [-0.25, -0.2) is 0 Å². The van der Waals surface area contributed by atoms with Crippen LogP contribution in [0.5, 0.6) is 0 Å². The van der Waals surface area contributed by atoms with Crippen molar-refractivity contribution < 1.29 is 14.4 Å². The minimum absolute atomic E-state index is 0.00577. The van der Waals surface area contributed by atoms with Gasteiger partial charge < -0.3 is 15.5 Å². The number of likely N-dealkylation sites (tertiary alicyclic amines) is 1. The summed E-state index contributed by atoms with van der Waals surface area (Å²) < 4.78 is 0. The van der Waals surface area contributed by atoms with E-state index in [2.05, 4.69) is 15.6 Å². The summed E-state index contributed by atoms with van der Waals surface area (Å²) in [6.45, 7) is 3.43. The molecule has 0 unspecified atom stereocenters. The van der Waals surface area contributed by atoms with Crippen LogP contribution >= 0.6 is 0 Å². The van der Waals surface area contributed by atoms with Crippen LogP contribution in [-0.4, -0.2) is 53.8 Å². The highest BCUT2D eigenvalue weighted by Gasteiger charge is 2.26. The summed E-state index contributed by atoms with van der Waals surface area (Å²) in [6.07, 6.45) is 4.73. The molecule has 124 valence electrons. The van der Waals surface area contributed by atoms with E-state index in [1.165, 1.54) is 13.1 Å². The lowest BCUT2D eigenvalue weighted by Gasteiger charge is -2.31. The summed E-state index contributed by atoms with van der Waals surface area (Å²) in [4.78, 5) is 40.9. The summed E-state index contributed by atoms with van der Waals surface area (Å²) in [5.74, 6) is -0.438. The van der Waals surface area contributed by atoms with Crippen LogP contribution in [-0.2, 0) is 9.59 Å². The van der Waals surface area contributed by atoms with Crippen molar-refractivity contribution in [1.82, 2.24) is 20.5 Å². The molecule has 1 saturated heterocycles. The van der Waals surface area contributed by atoms with E-state index in [0.29, 0.717) is 25.2 Å². The summed E-state index contributed by atoms with van der Waals surface area (Å²) >= 11 is 0. The number of hydrogen-bond donors (Lipinski definition) is 2. The largest absolute Gasteiger partial charge is 0.354 e. The number of carbonyl (C=O) groups excluding carboxylic acids is 3. The van der Waals surface area contributed by atoms with E-state index in [0.717, 1.165) is 19.4 Å². The van der Waals surface area contributed by atoms with Gasteiger partial charge in [0.15, 0.2) is 0 Å². The molecule has 1 aromatic heterocycles. The molecule has 1 aliphatic rings. The fraction of sp³-hybridized carbons (Fsp3) is 0.500. The van der Waals surface area contributed by atoms with Gasteiger partial charge in [-0.05, 0) is 25.0 Å². The summed E-state index contributed by atoms with van der Waals surface area (Å²) in [5.41, 5.74) is 0.489. The second-order valence-electron chi connectivity index (χ2n) is 5.59. The van der Waals surface area contributed by atoms with E-state index in [9.17, 15) is 14.4 Å². The predicted octanol–water partition coefficient (Wildman–Crippen LogP) is 0.186. The van der Waals surface area contributed by atoms with Crippen LogP contribution in [0, 0.1) is 5.92 Å². The molecule has 3 amide bonds. The molecule has 1 atom stereocenters. The SMILES string of the molecule is CC(=O)N1CCC[C@@H](C(=O)NCCNC(=O)c2cccnc2)C1. The zero-order valence-electron chi connectivity index (χ0n) is 13.2. The van der Waals surface area contributed by atoms with Crippen molar-refractivity contribution in [3.05, 3.63) is 30.1 Å². The van der Waals surface area contributed by atoms with Crippen molar-refractivity contribution >= 4 is 17.7 Å². The van der Waals surface area contributed by atoms with Crippen LogP contribution in [0.4, 0.5) is 0 Å². The molecule has 0 radical (unpaired) electrons. The smallest absolute Gasteiger partial charge is 0.252 e. The molecule has 2 N–H and O–H groups in total. The van der Waals surface area contributed by atoms with Gasteiger partial charge in [-0.2, -0.15) is 0 Å². The van der Waals surface area contributed by atoms with Gasteiger partial charge in [0, 0.05) is 45.5 Å². The van der Waals surface area contributed by atoms with E-state index < -0.39 is 0 Å². The standard InChI is InChI=1S/C16H22N4O3/c1-12(21)20-9-3-5-14(11-20)16(23)19-8-7-18-15(22)13-4-2-6-17-10-13/h2,4,6,10,14H,3,5,7-9,11H2,1H3,(H,18,22)(H,19,23)/t14-/m1/s1. The normalized spacial score (nSPS) is 17.4. The molecule has 7 nitrogen and oxygen atoms in total. The van der Waals surface area contributed by atoms with Gasteiger partial charge in [-0.15, -0.1) is 0 Å². The Kier molecular flexibility index (Phi) is 6.08. The van der Waals surface area contributed by atoms with Crippen LogP contribution in [0.1, 0.15) is 30.1 Å². The van der Waals surface area contributed by atoms with Gasteiger partial charge in [0.05, 0.1) is 11.5 Å². The van der Waals surface area contributed by atoms with Crippen molar-refractivity contribution in [2.24, 2.45) is 5.92 Å². The lowest BCUT2D eigenvalue weighted by Crippen LogP contribution is -2.46. The Morgan fingerprint density at radius 1 is 1.30 bits per heavy atom. The Morgan fingerprint density at radius 2 is 2.09 bits per heavy atom. The monoisotopic (exact) mass is 318 g/mol. The average Bonchev–Trinajstić information content (AvgIpc) is 2.59. The maximum absolute atomic E-state index is 12.1. The quantitative estimate of drug-likeness (QED) is 0.758. The Labute approximate surface area is 135 Å². The maximum atomic E-state index is 12.1. The first-order valence-electron chi connectivity index (χ1n) is 7.79. The van der Waals surface area contributed by atoms with E-state index in [4.69, 9.17) is 0 Å². The summed E-state index contributed by atoms with van der Waals surface area (Å²) in [6, 6.07) is 3.37. The first-order chi connectivity index (χ1) is 11.1. The first-order valence-corrected chi connectivity index (χ1v) is 7.79. The molecule has 0 saturated carbocycles. The number of piperidine rings is 1. The lowest BCUT2D eigenvalue weighted by molar-refractivity contribution is -0.133. The van der Waals surface area contributed by atoms with Gasteiger partial charge in [-0.1, -0.05) is 0 Å². The highest BCUT2D eigenvalue weighted by Crippen LogP contribution is 2.16. The molecule has 1 aromatic rings. The van der Waals surface area contributed by atoms with Crippen LogP contribution in [0.2, 0.25) is 0 Å². The highest BCUT2D eigenvalue weighted by atomic mass is 16.2. The Morgan fingerprint density at radius 3 is 2.78 bits per heavy atom. The van der Waals surface area contributed by atoms with Crippen LogP contribution in [0.25, 0.3) is 0 Å². The zero-order chi connectivity index (χ0) is 16.7. The molecule has 0 aliphatic carbocycles. The number of pyridine rings is 1. The Bertz CT molecular complexity index is 562. The number of amides is 3. The van der Waals surface area contributed by atoms with Crippen LogP contribution in [0.3, 0.4) is 0 Å².